The van der Waals surface area contributed by atoms with E-state index in [0.717, 1.165) is 5.56 Å². The zero-order valence-corrected chi connectivity index (χ0v) is 12.7. The van der Waals surface area contributed by atoms with Gasteiger partial charge in [-0.2, -0.15) is 10.2 Å². The van der Waals surface area contributed by atoms with Crippen LogP contribution in [0.4, 0.5) is 5.82 Å². The molecule has 0 atom stereocenters. The van der Waals surface area contributed by atoms with E-state index < -0.39 is 5.97 Å². The highest BCUT2D eigenvalue weighted by Crippen LogP contribution is 2.18. The number of benzene rings is 1. The SMILES string of the molecule is CCOC(=O)c1c(NN=Cc2ccccc2OC)n[nH]c1C. The molecule has 1 heterocycles. The van der Waals surface area contributed by atoms with Crippen molar-refractivity contribution < 1.29 is 14.3 Å². The summed E-state index contributed by atoms with van der Waals surface area (Å²) >= 11 is 0. The molecule has 0 aliphatic heterocycles. The van der Waals surface area contributed by atoms with Crippen LogP contribution in [0.1, 0.15) is 28.5 Å². The third-order valence-electron chi connectivity index (χ3n) is 2.94. The Kier molecular flexibility index (Phi) is 5.13. The van der Waals surface area contributed by atoms with Crippen LogP contribution in [0, 0.1) is 6.92 Å². The summed E-state index contributed by atoms with van der Waals surface area (Å²) in [5, 5.41) is 10.8. The average molecular weight is 302 g/mol. The number of nitrogens with zero attached hydrogens (tertiary/aromatic N) is 2. The summed E-state index contributed by atoms with van der Waals surface area (Å²) in [6.45, 7) is 3.79. The molecule has 7 heteroatoms. The quantitative estimate of drug-likeness (QED) is 0.486. The number of carbonyl (C=O) groups is 1. The second kappa shape index (κ2) is 7.26. The van der Waals surface area contributed by atoms with Crippen LogP contribution >= 0.6 is 0 Å². The molecule has 0 fully saturated rings. The molecule has 0 spiro atoms. The highest BCUT2D eigenvalue weighted by molar-refractivity contribution is 5.96. The molecule has 1 aromatic heterocycles. The zero-order chi connectivity index (χ0) is 15.9. The molecule has 22 heavy (non-hydrogen) atoms. The van der Waals surface area contributed by atoms with Crippen molar-refractivity contribution in [3.05, 3.63) is 41.1 Å². The van der Waals surface area contributed by atoms with E-state index in [9.17, 15) is 4.79 Å². The van der Waals surface area contributed by atoms with E-state index in [1.165, 1.54) is 0 Å². The standard InChI is InChI=1S/C15H18N4O3/c1-4-22-15(20)13-10(2)17-19-14(13)18-16-9-11-7-5-6-8-12(11)21-3/h5-9H,4H2,1-3H3,(H2,17,18,19). The highest BCUT2D eigenvalue weighted by Gasteiger charge is 2.18. The first kappa shape index (κ1) is 15.6. The third kappa shape index (κ3) is 3.43. The summed E-state index contributed by atoms with van der Waals surface area (Å²) in [5.41, 5.74) is 4.52. The third-order valence-corrected chi connectivity index (χ3v) is 2.94. The predicted octanol–water partition coefficient (Wildman–Crippen LogP) is 2.35. The molecule has 2 rings (SSSR count). The zero-order valence-electron chi connectivity index (χ0n) is 12.7. The fourth-order valence-electron chi connectivity index (χ4n) is 1.90. The number of ether oxygens (including phenoxy) is 2. The van der Waals surface area contributed by atoms with E-state index in [1.807, 2.05) is 24.3 Å². The Balaban J connectivity index is 2.15. The van der Waals surface area contributed by atoms with Gasteiger partial charge in [-0.3, -0.25) is 10.5 Å². The van der Waals surface area contributed by atoms with Crippen molar-refractivity contribution in [1.82, 2.24) is 10.2 Å². The number of methoxy groups -OCH3 is 1. The number of hydrogen-bond acceptors (Lipinski definition) is 6. The minimum absolute atomic E-state index is 0.299. The lowest BCUT2D eigenvalue weighted by molar-refractivity contribution is 0.0526. The topological polar surface area (TPSA) is 88.6 Å². The number of H-pyrrole nitrogens is 1. The van der Waals surface area contributed by atoms with Gasteiger partial charge in [0.1, 0.15) is 11.3 Å². The summed E-state index contributed by atoms with van der Waals surface area (Å²) in [4.78, 5) is 11.9. The van der Waals surface area contributed by atoms with Gasteiger partial charge in [-0.25, -0.2) is 4.79 Å². The normalized spacial score (nSPS) is 10.7. The fraction of sp³-hybridized carbons (Fsp3) is 0.267. The van der Waals surface area contributed by atoms with Crippen LogP contribution in [0.2, 0.25) is 0 Å². The molecule has 116 valence electrons. The summed E-state index contributed by atoms with van der Waals surface area (Å²) in [6.07, 6.45) is 1.60. The van der Waals surface area contributed by atoms with Gasteiger partial charge < -0.3 is 9.47 Å². The van der Waals surface area contributed by atoms with Crippen molar-refractivity contribution in [2.45, 2.75) is 13.8 Å². The van der Waals surface area contributed by atoms with Crippen LogP contribution in [0.5, 0.6) is 5.75 Å². The Morgan fingerprint density at radius 3 is 2.95 bits per heavy atom. The van der Waals surface area contributed by atoms with Crippen molar-refractivity contribution in [1.29, 1.82) is 0 Å². The number of nitrogens with one attached hydrogen (secondary N) is 2. The largest absolute Gasteiger partial charge is 0.496 e. The van der Waals surface area contributed by atoms with E-state index in [1.54, 1.807) is 27.2 Å². The second-order valence-electron chi connectivity index (χ2n) is 4.40. The Hall–Kier alpha value is -2.83. The molecule has 0 aliphatic carbocycles. The maximum Gasteiger partial charge on any atom is 0.343 e. The number of hydrazone groups is 1. The summed E-state index contributed by atoms with van der Waals surface area (Å²) in [6, 6.07) is 7.46. The van der Waals surface area contributed by atoms with Gasteiger partial charge in [0.2, 0.25) is 0 Å². The van der Waals surface area contributed by atoms with Gasteiger partial charge in [-0.1, -0.05) is 12.1 Å². The van der Waals surface area contributed by atoms with Gasteiger partial charge >= 0.3 is 5.97 Å². The first-order valence-corrected chi connectivity index (χ1v) is 6.81. The van der Waals surface area contributed by atoms with E-state index in [0.29, 0.717) is 29.4 Å². The van der Waals surface area contributed by atoms with Crippen LogP contribution in [0.15, 0.2) is 29.4 Å². The summed E-state index contributed by atoms with van der Waals surface area (Å²) < 4.78 is 10.2. The summed E-state index contributed by atoms with van der Waals surface area (Å²) in [5.74, 6) is 0.586. The van der Waals surface area contributed by atoms with Crippen LogP contribution in [0.3, 0.4) is 0 Å². The number of aryl methyl sites for hydroxylation is 1. The molecular weight excluding hydrogens is 284 g/mol. The number of hydrogen-bond donors (Lipinski definition) is 2. The van der Waals surface area contributed by atoms with Crippen molar-refractivity contribution in [2.75, 3.05) is 19.1 Å². The lowest BCUT2D eigenvalue weighted by Gasteiger charge is -2.04. The molecule has 0 saturated heterocycles. The maximum atomic E-state index is 11.9. The first-order valence-electron chi connectivity index (χ1n) is 6.81. The van der Waals surface area contributed by atoms with E-state index in [-0.39, 0.29) is 0 Å². The van der Waals surface area contributed by atoms with E-state index in [2.05, 4.69) is 20.7 Å². The van der Waals surface area contributed by atoms with Crippen molar-refractivity contribution in [2.24, 2.45) is 5.10 Å². The Labute approximate surface area is 128 Å². The average Bonchev–Trinajstić information content (AvgIpc) is 2.89. The van der Waals surface area contributed by atoms with E-state index >= 15 is 0 Å². The van der Waals surface area contributed by atoms with Crippen LogP contribution < -0.4 is 10.2 Å². The maximum absolute atomic E-state index is 11.9. The number of aromatic amines is 1. The lowest BCUT2D eigenvalue weighted by atomic mass is 10.2. The van der Waals surface area contributed by atoms with Gasteiger partial charge in [-0.15, -0.1) is 0 Å². The monoisotopic (exact) mass is 302 g/mol. The van der Waals surface area contributed by atoms with Crippen molar-refractivity contribution in [3.8, 4) is 5.75 Å². The highest BCUT2D eigenvalue weighted by atomic mass is 16.5. The van der Waals surface area contributed by atoms with Crippen LogP contribution in [-0.2, 0) is 4.74 Å². The smallest absolute Gasteiger partial charge is 0.343 e. The van der Waals surface area contributed by atoms with Gasteiger partial charge in [-0.05, 0) is 26.0 Å². The molecule has 0 radical (unpaired) electrons. The van der Waals surface area contributed by atoms with Gasteiger partial charge in [0.15, 0.2) is 5.82 Å². The number of esters is 1. The second-order valence-corrected chi connectivity index (χ2v) is 4.40. The minimum atomic E-state index is -0.441. The Bertz CT molecular complexity index is 679. The molecular formula is C15H18N4O3. The van der Waals surface area contributed by atoms with E-state index in [4.69, 9.17) is 9.47 Å². The Morgan fingerprint density at radius 1 is 1.45 bits per heavy atom. The molecule has 2 aromatic rings. The van der Waals surface area contributed by atoms with Gasteiger partial charge in [0.25, 0.3) is 0 Å². The lowest BCUT2D eigenvalue weighted by Crippen LogP contribution is -2.08. The number of para-hydroxylation sites is 1. The molecule has 0 bridgehead atoms. The van der Waals surface area contributed by atoms with Crippen molar-refractivity contribution >= 4 is 18.0 Å². The van der Waals surface area contributed by atoms with Gasteiger partial charge in [0, 0.05) is 11.3 Å². The molecule has 0 unspecified atom stereocenters. The number of rotatable bonds is 6. The number of aromatic nitrogens is 2. The van der Waals surface area contributed by atoms with Crippen LogP contribution in [-0.4, -0.2) is 36.1 Å². The molecule has 0 saturated carbocycles. The van der Waals surface area contributed by atoms with Gasteiger partial charge in [0.05, 0.1) is 19.9 Å². The molecule has 1 aromatic carbocycles. The molecule has 7 nitrogen and oxygen atoms in total. The molecule has 0 aliphatic rings. The number of carbonyl (C=O) groups excluding carboxylic acids is 1. The number of anilines is 1. The predicted molar refractivity (Wildman–Crippen MR) is 83.5 cm³/mol. The first-order chi connectivity index (χ1) is 10.7. The minimum Gasteiger partial charge on any atom is -0.496 e. The molecule has 0 amide bonds. The van der Waals surface area contributed by atoms with Crippen molar-refractivity contribution in [3.63, 3.8) is 0 Å². The summed E-state index contributed by atoms with van der Waals surface area (Å²) in [7, 11) is 1.59. The Morgan fingerprint density at radius 2 is 2.23 bits per heavy atom. The molecule has 2 N–H and O–H groups in total. The van der Waals surface area contributed by atoms with Crippen LogP contribution in [0.25, 0.3) is 0 Å². The fourth-order valence-corrected chi connectivity index (χ4v) is 1.90.